The third-order valence-corrected chi connectivity index (χ3v) is 3.49. The van der Waals surface area contributed by atoms with Gasteiger partial charge in [0.1, 0.15) is 17.4 Å². The maximum Gasteiger partial charge on any atom is 0.344 e. The summed E-state index contributed by atoms with van der Waals surface area (Å²) in [5, 5.41) is 20.8. The van der Waals surface area contributed by atoms with Crippen LogP contribution >= 0.6 is 0 Å². The minimum absolute atomic E-state index is 0.0425. The number of nitrogens with one attached hydrogen (secondary N) is 1. The molecule has 0 unspecified atom stereocenters. The molecule has 6 nitrogen and oxygen atoms in total. The first kappa shape index (κ1) is 18.7. The summed E-state index contributed by atoms with van der Waals surface area (Å²) in [5.41, 5.74) is 2.19. The molecule has 0 radical (unpaired) electrons. The van der Waals surface area contributed by atoms with Gasteiger partial charge < -0.3 is 15.2 Å². The molecule has 0 heterocycles. The summed E-state index contributed by atoms with van der Waals surface area (Å²) in [5.74, 6) is -1.17. The second-order valence-corrected chi connectivity index (χ2v) is 5.66. The van der Waals surface area contributed by atoms with Crippen LogP contribution in [0.4, 0.5) is 5.69 Å². The third-order valence-electron chi connectivity index (χ3n) is 3.49. The molecule has 2 N–H and O–H groups in total. The Hall–Kier alpha value is -3.59. The smallest absolute Gasteiger partial charge is 0.344 e. The van der Waals surface area contributed by atoms with Crippen LogP contribution in [0.5, 0.6) is 5.75 Å². The number of carbonyl (C=O) groups excluding carboxylic acids is 1. The van der Waals surface area contributed by atoms with Gasteiger partial charge >= 0.3 is 5.97 Å². The zero-order valence-corrected chi connectivity index (χ0v) is 14.4. The largest absolute Gasteiger partial charge is 0.479 e. The van der Waals surface area contributed by atoms with Gasteiger partial charge in [-0.3, -0.25) is 4.79 Å². The number of benzene rings is 2. The van der Waals surface area contributed by atoms with Crippen LogP contribution in [0.2, 0.25) is 0 Å². The topological polar surface area (TPSA) is 99.4 Å². The van der Waals surface area contributed by atoms with Crippen LogP contribution in [0.25, 0.3) is 6.08 Å². The molecule has 2 aromatic carbocycles. The molecule has 132 valence electrons. The monoisotopic (exact) mass is 350 g/mol. The second-order valence-electron chi connectivity index (χ2n) is 5.66. The van der Waals surface area contributed by atoms with Crippen LogP contribution in [0.15, 0.2) is 54.1 Å². The number of amides is 1. The maximum atomic E-state index is 12.3. The van der Waals surface area contributed by atoms with Crippen LogP contribution in [0.1, 0.15) is 18.1 Å². The van der Waals surface area contributed by atoms with Gasteiger partial charge in [0.2, 0.25) is 0 Å². The summed E-state index contributed by atoms with van der Waals surface area (Å²) >= 11 is 0. The van der Waals surface area contributed by atoms with Gasteiger partial charge in [0, 0.05) is 5.69 Å². The van der Waals surface area contributed by atoms with Gasteiger partial charge in [0.25, 0.3) is 5.91 Å². The predicted octanol–water partition coefficient (Wildman–Crippen LogP) is 3.39. The van der Waals surface area contributed by atoms with E-state index in [0.29, 0.717) is 17.0 Å². The number of aryl methyl sites for hydroxylation is 1. The predicted molar refractivity (Wildman–Crippen MR) is 97.6 cm³/mol. The van der Waals surface area contributed by atoms with E-state index in [0.717, 1.165) is 5.56 Å². The molecule has 6 heteroatoms. The SMILES string of the molecule is Cc1cccc(NC(=O)/C(C#N)=C\c2ccc(O[C@@H](C)C(=O)O)cc2)c1. The van der Waals surface area contributed by atoms with Crippen LogP contribution in [-0.2, 0) is 9.59 Å². The zero-order chi connectivity index (χ0) is 19.1. The fourth-order valence-corrected chi connectivity index (χ4v) is 2.13. The lowest BCUT2D eigenvalue weighted by molar-refractivity contribution is -0.144. The number of hydrogen-bond donors (Lipinski definition) is 2. The standard InChI is InChI=1S/C20H18N2O4/c1-13-4-3-5-17(10-13)22-19(23)16(12-21)11-15-6-8-18(9-7-15)26-14(2)20(24)25/h3-11,14H,1-2H3,(H,22,23)(H,24,25)/b16-11-/t14-/m0/s1. The highest BCUT2D eigenvalue weighted by Gasteiger charge is 2.12. The molecule has 0 spiro atoms. The molecule has 0 aromatic heterocycles. The molecule has 0 saturated heterocycles. The molecule has 0 aliphatic carbocycles. The summed E-state index contributed by atoms with van der Waals surface area (Å²) in [7, 11) is 0. The van der Waals surface area contributed by atoms with Crippen molar-refractivity contribution in [3.05, 3.63) is 65.2 Å². The normalized spacial score (nSPS) is 12.0. The van der Waals surface area contributed by atoms with Crippen LogP contribution in [-0.4, -0.2) is 23.1 Å². The maximum absolute atomic E-state index is 12.3. The third kappa shape index (κ3) is 5.21. The van der Waals surface area contributed by atoms with Gasteiger partial charge in [0.05, 0.1) is 0 Å². The van der Waals surface area contributed by atoms with E-state index < -0.39 is 18.0 Å². The van der Waals surface area contributed by atoms with Crippen LogP contribution in [0.3, 0.4) is 0 Å². The molecule has 0 aliphatic rings. The molecular formula is C20H18N2O4. The number of carboxylic acid groups (broad SMARTS) is 1. The highest BCUT2D eigenvalue weighted by atomic mass is 16.5. The molecule has 2 aromatic rings. The Morgan fingerprint density at radius 1 is 1.23 bits per heavy atom. The number of nitrogens with zero attached hydrogens (tertiary/aromatic N) is 1. The van der Waals surface area contributed by atoms with Crippen molar-refractivity contribution < 1.29 is 19.4 Å². The lowest BCUT2D eigenvalue weighted by atomic mass is 10.1. The Bertz CT molecular complexity index is 879. The van der Waals surface area contributed by atoms with Crippen molar-refractivity contribution in [2.24, 2.45) is 0 Å². The van der Waals surface area contributed by atoms with Gasteiger partial charge in [-0.15, -0.1) is 0 Å². The summed E-state index contributed by atoms with van der Waals surface area (Å²) < 4.78 is 5.24. The first-order valence-electron chi connectivity index (χ1n) is 7.88. The highest BCUT2D eigenvalue weighted by molar-refractivity contribution is 6.09. The highest BCUT2D eigenvalue weighted by Crippen LogP contribution is 2.17. The lowest BCUT2D eigenvalue weighted by Gasteiger charge is -2.10. The molecule has 0 fully saturated rings. The Morgan fingerprint density at radius 3 is 2.50 bits per heavy atom. The summed E-state index contributed by atoms with van der Waals surface area (Å²) in [6.07, 6.45) is 0.487. The lowest BCUT2D eigenvalue weighted by Crippen LogP contribution is -2.22. The first-order chi connectivity index (χ1) is 12.4. The van der Waals surface area contributed by atoms with Crippen molar-refractivity contribution in [2.45, 2.75) is 20.0 Å². The number of aliphatic carboxylic acids is 1. The fourth-order valence-electron chi connectivity index (χ4n) is 2.13. The molecule has 26 heavy (non-hydrogen) atoms. The Kier molecular flexibility index (Phi) is 6.12. The van der Waals surface area contributed by atoms with Crippen molar-refractivity contribution in [3.8, 4) is 11.8 Å². The molecule has 1 amide bonds. The number of rotatable bonds is 6. The number of hydrogen-bond acceptors (Lipinski definition) is 4. The van der Waals surface area contributed by atoms with E-state index in [1.54, 1.807) is 30.3 Å². The summed E-state index contributed by atoms with van der Waals surface area (Å²) in [6, 6.07) is 15.6. The Labute approximate surface area is 151 Å². The van der Waals surface area contributed by atoms with E-state index in [-0.39, 0.29) is 5.57 Å². The van der Waals surface area contributed by atoms with Crippen molar-refractivity contribution in [1.29, 1.82) is 5.26 Å². The van der Waals surface area contributed by atoms with Gasteiger partial charge in [-0.05, 0) is 55.3 Å². The minimum Gasteiger partial charge on any atom is -0.479 e. The number of nitriles is 1. The van der Waals surface area contributed by atoms with Crippen LogP contribution in [0, 0.1) is 18.3 Å². The second kappa shape index (κ2) is 8.49. The van der Waals surface area contributed by atoms with Gasteiger partial charge in [-0.2, -0.15) is 5.26 Å². The number of carbonyl (C=O) groups is 2. The van der Waals surface area contributed by atoms with E-state index >= 15 is 0 Å². The number of anilines is 1. The Balaban J connectivity index is 2.11. The molecule has 0 bridgehead atoms. The van der Waals surface area contributed by atoms with Gasteiger partial charge in [0.15, 0.2) is 6.10 Å². The van der Waals surface area contributed by atoms with E-state index in [4.69, 9.17) is 9.84 Å². The van der Waals surface area contributed by atoms with E-state index in [1.807, 2.05) is 31.2 Å². The number of carboxylic acids is 1. The molecular weight excluding hydrogens is 332 g/mol. The average Bonchev–Trinajstić information content (AvgIpc) is 2.60. The van der Waals surface area contributed by atoms with Gasteiger partial charge in [-0.25, -0.2) is 4.79 Å². The van der Waals surface area contributed by atoms with Crippen molar-refractivity contribution in [2.75, 3.05) is 5.32 Å². The quantitative estimate of drug-likeness (QED) is 0.614. The van der Waals surface area contributed by atoms with Crippen molar-refractivity contribution in [1.82, 2.24) is 0 Å². The first-order valence-corrected chi connectivity index (χ1v) is 7.88. The molecule has 1 atom stereocenters. The van der Waals surface area contributed by atoms with E-state index in [9.17, 15) is 14.9 Å². The average molecular weight is 350 g/mol. The summed E-state index contributed by atoms with van der Waals surface area (Å²) in [6.45, 7) is 3.34. The molecule has 0 saturated carbocycles. The number of ether oxygens (including phenoxy) is 1. The fraction of sp³-hybridized carbons (Fsp3) is 0.150. The van der Waals surface area contributed by atoms with Gasteiger partial charge in [-0.1, -0.05) is 24.3 Å². The van der Waals surface area contributed by atoms with Crippen LogP contribution < -0.4 is 10.1 Å². The zero-order valence-electron chi connectivity index (χ0n) is 14.4. The van der Waals surface area contributed by atoms with E-state index in [1.165, 1.54) is 13.0 Å². The van der Waals surface area contributed by atoms with E-state index in [2.05, 4.69) is 5.32 Å². The molecule has 0 aliphatic heterocycles. The minimum atomic E-state index is -1.06. The van der Waals surface area contributed by atoms with Crippen molar-refractivity contribution >= 4 is 23.6 Å². The van der Waals surface area contributed by atoms with Crippen molar-refractivity contribution in [3.63, 3.8) is 0 Å². The Morgan fingerprint density at radius 2 is 1.92 bits per heavy atom. The summed E-state index contributed by atoms with van der Waals surface area (Å²) in [4.78, 5) is 23.0. The molecule has 2 rings (SSSR count).